The highest BCUT2D eigenvalue weighted by Gasteiger charge is 2.37. The number of aryl methyl sites for hydroxylation is 1. The summed E-state index contributed by atoms with van der Waals surface area (Å²) < 4.78 is 11.6. The number of para-hydroxylation sites is 2. The van der Waals surface area contributed by atoms with E-state index in [0.717, 1.165) is 40.4 Å². The van der Waals surface area contributed by atoms with Crippen molar-refractivity contribution in [1.29, 1.82) is 0 Å². The highest BCUT2D eigenvalue weighted by Crippen LogP contribution is 2.44. The van der Waals surface area contributed by atoms with E-state index >= 15 is 0 Å². The quantitative estimate of drug-likeness (QED) is 0.307. The standard InChI is InChI=1S/C32H30N2O4/c1-3-14-37-22-11-9-20(10-12-22)21-16-27-30(28(35)17-21)31(34-26-7-5-4-6-25(26)33-27)24-18-38-29-13-8-19(2)15-23(29)32(24)36/h4-13,15,18,21,31,33-34H,3,14,16-17H2,1-2H3. The third-order valence-electron chi connectivity index (χ3n) is 7.40. The molecule has 0 spiro atoms. The third-order valence-corrected chi connectivity index (χ3v) is 7.40. The van der Waals surface area contributed by atoms with Gasteiger partial charge in [-0.2, -0.15) is 0 Å². The molecule has 0 bridgehead atoms. The number of Topliss-reactive ketones (excluding diaryl/α,β-unsaturated/α-hetero) is 1. The Kier molecular flexibility index (Phi) is 6.24. The minimum atomic E-state index is -0.624. The molecule has 192 valence electrons. The number of hydrogen-bond donors (Lipinski definition) is 2. The van der Waals surface area contributed by atoms with Crippen molar-refractivity contribution in [3.8, 4) is 5.75 Å². The van der Waals surface area contributed by atoms with Crippen molar-refractivity contribution < 1.29 is 13.9 Å². The molecule has 2 aliphatic rings. The Bertz CT molecular complexity index is 1620. The molecule has 0 saturated carbocycles. The van der Waals surface area contributed by atoms with Crippen LogP contribution in [0.2, 0.25) is 0 Å². The van der Waals surface area contributed by atoms with Crippen molar-refractivity contribution in [3.63, 3.8) is 0 Å². The van der Waals surface area contributed by atoms with Gasteiger partial charge in [0, 0.05) is 17.7 Å². The molecule has 1 aliphatic carbocycles. The average molecular weight is 507 g/mol. The monoisotopic (exact) mass is 506 g/mol. The number of ether oxygens (including phenoxy) is 1. The SMILES string of the molecule is CCCOc1ccc(C2CC(=O)C3=C(C2)Nc2ccccc2NC3c2coc3ccc(C)cc3c2=O)cc1. The van der Waals surface area contributed by atoms with E-state index in [1.807, 2.05) is 61.5 Å². The van der Waals surface area contributed by atoms with E-state index in [9.17, 15) is 9.59 Å². The summed E-state index contributed by atoms with van der Waals surface area (Å²) in [6.07, 6.45) is 3.47. The van der Waals surface area contributed by atoms with Gasteiger partial charge in [0.25, 0.3) is 0 Å². The first-order valence-corrected chi connectivity index (χ1v) is 13.2. The topological polar surface area (TPSA) is 80.6 Å². The predicted octanol–water partition coefficient (Wildman–Crippen LogP) is 6.87. The van der Waals surface area contributed by atoms with Crippen LogP contribution >= 0.6 is 0 Å². The summed E-state index contributed by atoms with van der Waals surface area (Å²) in [5.41, 5.74) is 6.05. The molecule has 2 atom stereocenters. The van der Waals surface area contributed by atoms with Gasteiger partial charge in [-0.05, 0) is 67.6 Å². The molecule has 0 saturated heterocycles. The normalized spacial score (nSPS) is 18.7. The van der Waals surface area contributed by atoms with Crippen LogP contribution in [0.15, 0.2) is 93.5 Å². The van der Waals surface area contributed by atoms with Crippen LogP contribution in [0.4, 0.5) is 11.4 Å². The second-order valence-corrected chi connectivity index (χ2v) is 10.1. The minimum absolute atomic E-state index is 0.0177. The van der Waals surface area contributed by atoms with Gasteiger partial charge in [0.1, 0.15) is 17.6 Å². The Balaban J connectivity index is 1.43. The first kappa shape index (κ1) is 24.0. The van der Waals surface area contributed by atoms with Crippen LogP contribution in [0.25, 0.3) is 11.0 Å². The summed E-state index contributed by atoms with van der Waals surface area (Å²) in [5, 5.41) is 7.54. The van der Waals surface area contributed by atoms with E-state index in [1.54, 1.807) is 0 Å². The zero-order chi connectivity index (χ0) is 26.2. The van der Waals surface area contributed by atoms with Gasteiger partial charge in [0.15, 0.2) is 11.2 Å². The molecule has 6 nitrogen and oxygen atoms in total. The van der Waals surface area contributed by atoms with E-state index in [2.05, 4.69) is 29.7 Å². The maximum atomic E-state index is 13.8. The zero-order valence-corrected chi connectivity index (χ0v) is 21.5. The number of carbonyl (C=O) groups excluding carboxylic acids is 1. The summed E-state index contributed by atoms with van der Waals surface area (Å²) in [5.74, 6) is 0.876. The Morgan fingerprint density at radius 2 is 1.76 bits per heavy atom. The van der Waals surface area contributed by atoms with Crippen LogP contribution in [-0.4, -0.2) is 12.4 Å². The lowest BCUT2D eigenvalue weighted by molar-refractivity contribution is -0.116. The molecule has 0 radical (unpaired) electrons. The van der Waals surface area contributed by atoms with Gasteiger partial charge in [-0.1, -0.05) is 42.8 Å². The second kappa shape index (κ2) is 9.86. The van der Waals surface area contributed by atoms with Crippen LogP contribution < -0.4 is 20.8 Å². The predicted molar refractivity (Wildman–Crippen MR) is 150 cm³/mol. The van der Waals surface area contributed by atoms with Crippen molar-refractivity contribution in [2.24, 2.45) is 0 Å². The van der Waals surface area contributed by atoms with Crippen LogP contribution in [0, 0.1) is 6.92 Å². The Hall–Kier alpha value is -4.32. The molecule has 6 heteroatoms. The van der Waals surface area contributed by atoms with Crippen LogP contribution in [0.3, 0.4) is 0 Å². The number of nitrogens with one attached hydrogen (secondary N) is 2. The van der Waals surface area contributed by atoms with Gasteiger partial charge in [0.2, 0.25) is 0 Å². The molecule has 2 unspecified atom stereocenters. The molecule has 0 amide bonds. The van der Waals surface area contributed by atoms with E-state index in [4.69, 9.17) is 9.15 Å². The smallest absolute Gasteiger partial charge is 0.198 e. The summed E-state index contributed by atoms with van der Waals surface area (Å²) in [6, 6.07) is 20.8. The fourth-order valence-electron chi connectivity index (χ4n) is 5.48. The zero-order valence-electron chi connectivity index (χ0n) is 21.5. The van der Waals surface area contributed by atoms with Gasteiger partial charge < -0.3 is 19.8 Å². The maximum absolute atomic E-state index is 13.8. The lowest BCUT2D eigenvalue weighted by atomic mass is 9.78. The van der Waals surface area contributed by atoms with Crippen LogP contribution in [0.5, 0.6) is 5.75 Å². The number of benzene rings is 3. The minimum Gasteiger partial charge on any atom is -0.494 e. The lowest BCUT2D eigenvalue weighted by Crippen LogP contribution is -2.29. The molecule has 38 heavy (non-hydrogen) atoms. The number of carbonyl (C=O) groups is 1. The van der Waals surface area contributed by atoms with E-state index in [1.165, 1.54) is 6.26 Å². The van der Waals surface area contributed by atoms with Gasteiger partial charge in [0.05, 0.1) is 35.0 Å². The largest absolute Gasteiger partial charge is 0.494 e. The number of fused-ring (bicyclic) bond motifs is 2. The first-order chi connectivity index (χ1) is 18.5. The average Bonchev–Trinajstić information content (AvgIpc) is 3.09. The number of rotatable bonds is 5. The van der Waals surface area contributed by atoms with Crippen molar-refractivity contribution >= 4 is 28.1 Å². The van der Waals surface area contributed by atoms with Gasteiger partial charge in [-0.15, -0.1) is 0 Å². The fourth-order valence-corrected chi connectivity index (χ4v) is 5.48. The number of hydrogen-bond acceptors (Lipinski definition) is 6. The molecular weight excluding hydrogens is 476 g/mol. The molecule has 1 aromatic heterocycles. The first-order valence-electron chi connectivity index (χ1n) is 13.2. The molecule has 6 rings (SSSR count). The molecule has 4 aromatic rings. The number of allylic oxidation sites excluding steroid dienone is 1. The summed E-state index contributed by atoms with van der Waals surface area (Å²) in [4.78, 5) is 27.6. The fraction of sp³-hybridized carbons (Fsp3) is 0.250. The van der Waals surface area contributed by atoms with Crippen molar-refractivity contribution in [2.45, 2.75) is 45.1 Å². The van der Waals surface area contributed by atoms with E-state index in [0.29, 0.717) is 41.6 Å². The van der Waals surface area contributed by atoms with E-state index in [-0.39, 0.29) is 17.1 Å². The molecule has 2 N–H and O–H groups in total. The molecular formula is C32H30N2O4. The maximum Gasteiger partial charge on any atom is 0.198 e. The van der Waals surface area contributed by atoms with Gasteiger partial charge >= 0.3 is 0 Å². The number of ketones is 1. The van der Waals surface area contributed by atoms with Crippen molar-refractivity contribution in [1.82, 2.24) is 0 Å². The highest BCUT2D eigenvalue weighted by molar-refractivity contribution is 6.01. The lowest BCUT2D eigenvalue weighted by Gasteiger charge is -2.29. The molecule has 0 fully saturated rings. The molecule has 1 aliphatic heterocycles. The summed E-state index contributed by atoms with van der Waals surface area (Å²) in [7, 11) is 0. The van der Waals surface area contributed by atoms with Crippen molar-refractivity contribution in [3.05, 3.63) is 111 Å². The summed E-state index contributed by atoms with van der Waals surface area (Å²) >= 11 is 0. The Labute approximate surface area is 221 Å². The van der Waals surface area contributed by atoms with Crippen LogP contribution in [0.1, 0.15) is 54.8 Å². The van der Waals surface area contributed by atoms with Crippen LogP contribution in [-0.2, 0) is 4.79 Å². The summed E-state index contributed by atoms with van der Waals surface area (Å²) in [6.45, 7) is 4.71. The highest BCUT2D eigenvalue weighted by atomic mass is 16.5. The Morgan fingerprint density at radius 3 is 2.55 bits per heavy atom. The third kappa shape index (κ3) is 4.36. The Morgan fingerprint density at radius 1 is 0.974 bits per heavy atom. The second-order valence-electron chi connectivity index (χ2n) is 10.1. The molecule has 2 heterocycles. The molecule has 3 aromatic carbocycles. The van der Waals surface area contributed by atoms with Gasteiger partial charge in [-0.25, -0.2) is 0 Å². The van der Waals surface area contributed by atoms with Gasteiger partial charge in [-0.3, -0.25) is 9.59 Å². The van der Waals surface area contributed by atoms with E-state index < -0.39 is 6.04 Å². The van der Waals surface area contributed by atoms with Crippen molar-refractivity contribution in [2.75, 3.05) is 17.2 Å². The number of anilines is 2.